The standard InChI is InChI=1S/C18H27FN2/c1-2-3-13-4-5-15(12-20)17(10-13)21-9-8-14-6-7-16(19)11-18(14)21/h6-7,11,13,15,17H,2-5,8-10,12,20H2,1H3. The van der Waals surface area contributed by atoms with Crippen molar-refractivity contribution in [1.82, 2.24) is 0 Å². The maximum absolute atomic E-state index is 13.6. The van der Waals surface area contributed by atoms with Crippen LogP contribution in [0.1, 0.15) is 44.6 Å². The summed E-state index contributed by atoms with van der Waals surface area (Å²) >= 11 is 0. The lowest BCUT2D eigenvalue weighted by Gasteiger charge is -2.42. The molecule has 1 saturated carbocycles. The van der Waals surface area contributed by atoms with Crippen LogP contribution in [0.4, 0.5) is 10.1 Å². The van der Waals surface area contributed by atoms with Crippen molar-refractivity contribution in [3.63, 3.8) is 0 Å². The van der Waals surface area contributed by atoms with E-state index >= 15 is 0 Å². The summed E-state index contributed by atoms with van der Waals surface area (Å²) < 4.78 is 13.6. The molecule has 2 aliphatic rings. The van der Waals surface area contributed by atoms with Crippen molar-refractivity contribution in [2.45, 2.75) is 51.5 Å². The van der Waals surface area contributed by atoms with Gasteiger partial charge in [-0.25, -0.2) is 4.39 Å². The number of halogens is 1. The Bertz CT molecular complexity index is 488. The highest BCUT2D eigenvalue weighted by atomic mass is 19.1. The summed E-state index contributed by atoms with van der Waals surface area (Å²) in [6, 6.07) is 5.76. The van der Waals surface area contributed by atoms with Crippen molar-refractivity contribution in [2.75, 3.05) is 18.0 Å². The topological polar surface area (TPSA) is 29.3 Å². The Labute approximate surface area is 127 Å². The highest BCUT2D eigenvalue weighted by Crippen LogP contribution is 2.39. The van der Waals surface area contributed by atoms with Gasteiger partial charge in [0.15, 0.2) is 0 Å². The lowest BCUT2D eigenvalue weighted by molar-refractivity contribution is 0.224. The zero-order valence-corrected chi connectivity index (χ0v) is 13.0. The van der Waals surface area contributed by atoms with Crippen LogP contribution in [0.3, 0.4) is 0 Å². The van der Waals surface area contributed by atoms with E-state index in [-0.39, 0.29) is 5.82 Å². The van der Waals surface area contributed by atoms with Gasteiger partial charge in [0.05, 0.1) is 0 Å². The first kappa shape index (κ1) is 14.8. The molecule has 2 N–H and O–H groups in total. The van der Waals surface area contributed by atoms with Crippen LogP contribution in [-0.4, -0.2) is 19.1 Å². The maximum Gasteiger partial charge on any atom is 0.125 e. The van der Waals surface area contributed by atoms with Crippen molar-refractivity contribution in [1.29, 1.82) is 0 Å². The van der Waals surface area contributed by atoms with E-state index in [0.717, 1.165) is 31.1 Å². The van der Waals surface area contributed by atoms with E-state index in [4.69, 9.17) is 5.73 Å². The molecule has 0 radical (unpaired) electrons. The van der Waals surface area contributed by atoms with E-state index in [2.05, 4.69) is 11.8 Å². The third-order valence-electron chi connectivity index (χ3n) is 5.44. The molecule has 1 aromatic rings. The van der Waals surface area contributed by atoms with Crippen molar-refractivity contribution in [3.8, 4) is 0 Å². The molecule has 0 bridgehead atoms. The Morgan fingerprint density at radius 2 is 2.19 bits per heavy atom. The van der Waals surface area contributed by atoms with Crippen LogP contribution >= 0.6 is 0 Å². The number of anilines is 1. The molecule has 116 valence electrons. The third kappa shape index (κ3) is 2.94. The van der Waals surface area contributed by atoms with Gasteiger partial charge in [-0.15, -0.1) is 0 Å². The average molecular weight is 290 g/mol. The summed E-state index contributed by atoms with van der Waals surface area (Å²) in [4.78, 5) is 2.46. The molecule has 1 aromatic carbocycles. The van der Waals surface area contributed by atoms with Crippen LogP contribution in [0.2, 0.25) is 0 Å². The Morgan fingerprint density at radius 1 is 1.33 bits per heavy atom. The number of nitrogens with zero attached hydrogens (tertiary/aromatic N) is 1. The van der Waals surface area contributed by atoms with E-state index in [1.165, 1.54) is 37.7 Å². The second-order valence-corrected chi connectivity index (χ2v) is 6.75. The number of hydrogen-bond donors (Lipinski definition) is 1. The van der Waals surface area contributed by atoms with Crippen LogP contribution in [0.5, 0.6) is 0 Å². The first-order chi connectivity index (χ1) is 10.2. The summed E-state index contributed by atoms with van der Waals surface area (Å²) in [6.07, 6.45) is 7.39. The molecule has 0 saturated heterocycles. The minimum atomic E-state index is -0.120. The van der Waals surface area contributed by atoms with E-state index in [1.54, 1.807) is 12.1 Å². The number of rotatable bonds is 4. The molecule has 1 aliphatic carbocycles. The van der Waals surface area contributed by atoms with Crippen LogP contribution < -0.4 is 10.6 Å². The Hall–Kier alpha value is -1.09. The fourth-order valence-electron chi connectivity index (χ4n) is 4.34. The second kappa shape index (κ2) is 6.35. The Morgan fingerprint density at radius 3 is 2.95 bits per heavy atom. The summed E-state index contributed by atoms with van der Waals surface area (Å²) in [5.74, 6) is 1.26. The first-order valence-electron chi connectivity index (χ1n) is 8.48. The van der Waals surface area contributed by atoms with Gasteiger partial charge in [-0.1, -0.05) is 25.8 Å². The molecular formula is C18H27FN2. The van der Waals surface area contributed by atoms with E-state index in [0.29, 0.717) is 12.0 Å². The molecule has 3 atom stereocenters. The predicted molar refractivity (Wildman–Crippen MR) is 86.0 cm³/mol. The number of nitrogens with two attached hydrogens (primary N) is 1. The van der Waals surface area contributed by atoms with Crippen LogP contribution in [0.25, 0.3) is 0 Å². The van der Waals surface area contributed by atoms with Crippen molar-refractivity contribution < 1.29 is 4.39 Å². The van der Waals surface area contributed by atoms with Crippen LogP contribution in [0.15, 0.2) is 18.2 Å². The quantitative estimate of drug-likeness (QED) is 0.915. The van der Waals surface area contributed by atoms with Gasteiger partial charge in [0.25, 0.3) is 0 Å². The third-order valence-corrected chi connectivity index (χ3v) is 5.44. The molecule has 3 rings (SSSR count). The molecule has 3 unspecified atom stereocenters. The van der Waals surface area contributed by atoms with Gasteiger partial charge in [-0.05, 0) is 61.8 Å². The fraction of sp³-hybridized carbons (Fsp3) is 0.667. The molecule has 0 spiro atoms. The molecular weight excluding hydrogens is 263 g/mol. The summed E-state index contributed by atoms with van der Waals surface area (Å²) in [5.41, 5.74) is 8.45. The molecule has 2 nitrogen and oxygen atoms in total. The number of fused-ring (bicyclic) bond motifs is 1. The van der Waals surface area contributed by atoms with Gasteiger partial charge in [0.1, 0.15) is 5.82 Å². The molecule has 0 amide bonds. The van der Waals surface area contributed by atoms with E-state index < -0.39 is 0 Å². The average Bonchev–Trinajstić information content (AvgIpc) is 2.90. The van der Waals surface area contributed by atoms with E-state index in [1.807, 2.05) is 6.07 Å². The lowest BCUT2D eigenvalue weighted by atomic mass is 9.76. The normalized spacial score (nSPS) is 28.7. The smallest absolute Gasteiger partial charge is 0.125 e. The Balaban J connectivity index is 1.82. The van der Waals surface area contributed by atoms with Crippen LogP contribution in [-0.2, 0) is 6.42 Å². The SMILES string of the molecule is CCCC1CCC(CN)C(N2CCc3ccc(F)cc32)C1. The van der Waals surface area contributed by atoms with Gasteiger partial charge in [-0.2, -0.15) is 0 Å². The number of hydrogen-bond acceptors (Lipinski definition) is 2. The van der Waals surface area contributed by atoms with Gasteiger partial charge in [0, 0.05) is 18.3 Å². The zero-order valence-electron chi connectivity index (χ0n) is 13.0. The Kier molecular flexibility index (Phi) is 4.48. The zero-order chi connectivity index (χ0) is 14.8. The largest absolute Gasteiger partial charge is 0.368 e. The highest BCUT2D eigenvalue weighted by molar-refractivity contribution is 5.59. The first-order valence-corrected chi connectivity index (χ1v) is 8.48. The minimum absolute atomic E-state index is 0.120. The molecule has 3 heteroatoms. The maximum atomic E-state index is 13.6. The van der Waals surface area contributed by atoms with Crippen molar-refractivity contribution in [2.24, 2.45) is 17.6 Å². The minimum Gasteiger partial charge on any atom is -0.368 e. The molecule has 0 aromatic heterocycles. The van der Waals surface area contributed by atoms with Gasteiger partial charge >= 0.3 is 0 Å². The van der Waals surface area contributed by atoms with E-state index in [9.17, 15) is 4.39 Å². The van der Waals surface area contributed by atoms with Gasteiger partial charge in [0.2, 0.25) is 0 Å². The summed E-state index contributed by atoms with van der Waals surface area (Å²) in [6.45, 7) is 4.05. The van der Waals surface area contributed by atoms with Crippen molar-refractivity contribution in [3.05, 3.63) is 29.6 Å². The summed E-state index contributed by atoms with van der Waals surface area (Å²) in [5, 5.41) is 0. The summed E-state index contributed by atoms with van der Waals surface area (Å²) in [7, 11) is 0. The van der Waals surface area contributed by atoms with Gasteiger partial charge < -0.3 is 10.6 Å². The predicted octanol–water partition coefficient (Wildman–Crippen LogP) is 3.73. The van der Waals surface area contributed by atoms with Crippen molar-refractivity contribution >= 4 is 5.69 Å². The van der Waals surface area contributed by atoms with Gasteiger partial charge in [-0.3, -0.25) is 0 Å². The number of benzene rings is 1. The molecule has 1 aliphatic heterocycles. The lowest BCUT2D eigenvalue weighted by Crippen LogP contribution is -2.46. The molecule has 1 fully saturated rings. The second-order valence-electron chi connectivity index (χ2n) is 6.75. The monoisotopic (exact) mass is 290 g/mol. The molecule has 1 heterocycles. The molecule has 21 heavy (non-hydrogen) atoms. The van der Waals surface area contributed by atoms with Crippen LogP contribution in [0, 0.1) is 17.7 Å². The fourth-order valence-corrected chi connectivity index (χ4v) is 4.34. The highest BCUT2D eigenvalue weighted by Gasteiger charge is 2.36.